The van der Waals surface area contributed by atoms with E-state index in [-0.39, 0.29) is 11.8 Å². The highest BCUT2D eigenvalue weighted by Gasteiger charge is 2.31. The molecule has 1 fully saturated rings. The highest BCUT2D eigenvalue weighted by molar-refractivity contribution is 5.85. The van der Waals surface area contributed by atoms with E-state index in [1.165, 1.54) is 12.8 Å². The van der Waals surface area contributed by atoms with E-state index in [0.717, 1.165) is 18.4 Å². The van der Waals surface area contributed by atoms with Gasteiger partial charge in [-0.3, -0.25) is 10.6 Å². The number of hydrazine groups is 1. The molecule has 1 aromatic carbocycles. The number of hydrogen-bond acceptors (Lipinski definition) is 3. The molecular weight excluding hydrogens is 224 g/mol. The number of carbonyl (C=O) groups excluding carboxylic acids is 1. The summed E-state index contributed by atoms with van der Waals surface area (Å²) in [4.78, 5) is 12.2. The molecule has 1 atom stereocenters. The Bertz CT molecular complexity index is 385. The van der Waals surface area contributed by atoms with Gasteiger partial charge < -0.3 is 0 Å². The number of carbonyl (C=O) groups is 1. The van der Waals surface area contributed by atoms with E-state index in [2.05, 4.69) is 0 Å². The van der Waals surface area contributed by atoms with Gasteiger partial charge in [0.2, 0.25) is 0 Å². The van der Waals surface area contributed by atoms with Crippen LogP contribution in [-0.4, -0.2) is 16.8 Å². The summed E-state index contributed by atoms with van der Waals surface area (Å²) >= 11 is 0. The van der Waals surface area contributed by atoms with Crippen LogP contribution in [0.1, 0.15) is 50.6 Å². The van der Waals surface area contributed by atoms with E-state index < -0.39 is 0 Å². The predicted octanol–water partition coefficient (Wildman–Crippen LogP) is 2.83. The molecule has 1 aliphatic carbocycles. The van der Waals surface area contributed by atoms with E-state index >= 15 is 0 Å². The monoisotopic (exact) mass is 246 g/mol. The highest BCUT2D eigenvalue weighted by Crippen LogP contribution is 2.29. The van der Waals surface area contributed by atoms with Crippen molar-refractivity contribution >= 4 is 5.78 Å². The fraction of sp³-hybridized carbons (Fsp3) is 0.533. The minimum Gasteiger partial charge on any atom is -0.297 e. The summed E-state index contributed by atoms with van der Waals surface area (Å²) in [5.41, 5.74) is 1.01. The van der Waals surface area contributed by atoms with Crippen molar-refractivity contribution in [2.45, 2.75) is 51.1 Å². The lowest BCUT2D eigenvalue weighted by atomic mass is 9.99. The van der Waals surface area contributed by atoms with Gasteiger partial charge in [0.15, 0.2) is 5.78 Å². The zero-order valence-corrected chi connectivity index (χ0v) is 11.0. The molecule has 1 aromatic rings. The maximum atomic E-state index is 12.2. The first kappa shape index (κ1) is 13.2. The van der Waals surface area contributed by atoms with E-state index in [0.29, 0.717) is 12.5 Å². The quantitative estimate of drug-likeness (QED) is 0.642. The summed E-state index contributed by atoms with van der Waals surface area (Å²) in [7, 11) is 0. The van der Waals surface area contributed by atoms with Crippen LogP contribution in [0, 0.1) is 0 Å². The molecule has 0 bridgehead atoms. The second-order valence-electron chi connectivity index (χ2n) is 5.02. The average molecular weight is 246 g/mol. The van der Waals surface area contributed by atoms with Gasteiger partial charge >= 0.3 is 0 Å². The molecular formula is C15H22N2O. The molecule has 3 heteroatoms. The Hall–Kier alpha value is -1.19. The number of benzene rings is 1. The van der Waals surface area contributed by atoms with Crippen LogP contribution < -0.4 is 5.84 Å². The third kappa shape index (κ3) is 2.79. The SMILES string of the molecule is CCC(=O)[C@@H](c1ccccc1)N(N)C1CCCC1. The van der Waals surface area contributed by atoms with Crippen molar-refractivity contribution in [1.82, 2.24) is 5.01 Å². The molecule has 0 unspecified atom stereocenters. The first-order valence-electron chi connectivity index (χ1n) is 6.84. The first-order valence-corrected chi connectivity index (χ1v) is 6.84. The molecule has 0 saturated heterocycles. The van der Waals surface area contributed by atoms with Crippen LogP contribution in [0.15, 0.2) is 30.3 Å². The molecule has 0 spiro atoms. The predicted molar refractivity (Wildman–Crippen MR) is 72.8 cm³/mol. The molecule has 0 radical (unpaired) electrons. The molecule has 0 aromatic heterocycles. The summed E-state index contributed by atoms with van der Waals surface area (Å²) in [5.74, 6) is 6.45. The van der Waals surface area contributed by atoms with Crippen molar-refractivity contribution in [2.24, 2.45) is 5.84 Å². The third-order valence-corrected chi connectivity index (χ3v) is 3.81. The fourth-order valence-electron chi connectivity index (χ4n) is 2.77. The van der Waals surface area contributed by atoms with E-state index in [1.807, 2.05) is 37.3 Å². The topological polar surface area (TPSA) is 46.3 Å². The molecule has 2 rings (SSSR count). The van der Waals surface area contributed by atoms with Gasteiger partial charge in [0.05, 0.1) is 0 Å². The first-order chi connectivity index (χ1) is 8.74. The van der Waals surface area contributed by atoms with Crippen LogP contribution in [0.25, 0.3) is 0 Å². The van der Waals surface area contributed by atoms with Gasteiger partial charge in [-0.05, 0) is 18.4 Å². The second kappa shape index (κ2) is 6.12. The average Bonchev–Trinajstić information content (AvgIpc) is 2.94. The molecule has 98 valence electrons. The summed E-state index contributed by atoms with van der Waals surface area (Å²) < 4.78 is 0. The normalized spacial score (nSPS) is 18.2. The van der Waals surface area contributed by atoms with Gasteiger partial charge in [0.25, 0.3) is 0 Å². The standard InChI is InChI=1S/C15H22N2O/c1-2-14(18)15(12-8-4-3-5-9-12)17(16)13-10-6-7-11-13/h3-5,8-9,13,15H,2,6-7,10-11,16H2,1H3/t15-/m1/s1. The van der Waals surface area contributed by atoms with E-state index in [1.54, 1.807) is 5.01 Å². The molecule has 0 amide bonds. The van der Waals surface area contributed by atoms with E-state index in [4.69, 9.17) is 5.84 Å². The zero-order chi connectivity index (χ0) is 13.0. The molecule has 3 nitrogen and oxygen atoms in total. The number of ketones is 1. The van der Waals surface area contributed by atoms with Gasteiger partial charge in [-0.25, -0.2) is 5.01 Å². The number of hydrogen-bond donors (Lipinski definition) is 1. The van der Waals surface area contributed by atoms with E-state index in [9.17, 15) is 4.79 Å². The van der Waals surface area contributed by atoms with Crippen molar-refractivity contribution in [3.8, 4) is 0 Å². The van der Waals surface area contributed by atoms with Crippen LogP contribution >= 0.6 is 0 Å². The largest absolute Gasteiger partial charge is 0.297 e. The second-order valence-corrected chi connectivity index (χ2v) is 5.02. The van der Waals surface area contributed by atoms with Gasteiger partial charge in [-0.2, -0.15) is 0 Å². The van der Waals surface area contributed by atoms with Gasteiger partial charge in [-0.1, -0.05) is 50.1 Å². The Labute approximate surface area is 109 Å². The summed E-state index contributed by atoms with van der Waals surface area (Å²) in [6, 6.07) is 9.96. The molecule has 18 heavy (non-hydrogen) atoms. The van der Waals surface area contributed by atoms with Crippen LogP contribution in [0.3, 0.4) is 0 Å². The summed E-state index contributed by atoms with van der Waals surface area (Å²) in [6.45, 7) is 1.90. The fourth-order valence-corrected chi connectivity index (χ4v) is 2.77. The zero-order valence-electron chi connectivity index (χ0n) is 11.0. The maximum Gasteiger partial charge on any atom is 0.155 e. The summed E-state index contributed by atoms with van der Waals surface area (Å²) in [5, 5.41) is 1.80. The lowest BCUT2D eigenvalue weighted by molar-refractivity contribution is -0.125. The van der Waals surface area contributed by atoms with Gasteiger partial charge in [0.1, 0.15) is 6.04 Å². The molecule has 1 saturated carbocycles. The number of nitrogens with two attached hydrogens (primary N) is 1. The Morgan fingerprint density at radius 1 is 1.33 bits per heavy atom. The highest BCUT2D eigenvalue weighted by atomic mass is 16.1. The van der Waals surface area contributed by atoms with Crippen LogP contribution in [0.2, 0.25) is 0 Å². The Morgan fingerprint density at radius 2 is 1.94 bits per heavy atom. The summed E-state index contributed by atoms with van der Waals surface area (Å²) in [6.07, 6.45) is 5.19. The van der Waals surface area contributed by atoms with Crippen LogP contribution in [-0.2, 0) is 4.79 Å². The number of Topliss-reactive ketones (excluding diaryl/α,β-unsaturated/α-hetero) is 1. The Kier molecular flexibility index (Phi) is 4.50. The van der Waals surface area contributed by atoms with Crippen molar-refractivity contribution in [3.63, 3.8) is 0 Å². The van der Waals surface area contributed by atoms with Gasteiger partial charge in [-0.15, -0.1) is 0 Å². The third-order valence-electron chi connectivity index (χ3n) is 3.81. The lowest BCUT2D eigenvalue weighted by Crippen LogP contribution is -2.45. The number of nitrogens with zero attached hydrogens (tertiary/aromatic N) is 1. The molecule has 2 N–H and O–H groups in total. The lowest BCUT2D eigenvalue weighted by Gasteiger charge is -2.31. The minimum absolute atomic E-state index is 0.204. The van der Waals surface area contributed by atoms with Crippen molar-refractivity contribution < 1.29 is 4.79 Å². The van der Waals surface area contributed by atoms with Crippen molar-refractivity contribution in [1.29, 1.82) is 0 Å². The maximum absolute atomic E-state index is 12.2. The van der Waals surface area contributed by atoms with Crippen LogP contribution in [0.5, 0.6) is 0 Å². The Balaban J connectivity index is 2.22. The van der Waals surface area contributed by atoms with Gasteiger partial charge in [0, 0.05) is 12.5 Å². The van der Waals surface area contributed by atoms with Crippen LogP contribution in [0.4, 0.5) is 0 Å². The smallest absolute Gasteiger partial charge is 0.155 e. The minimum atomic E-state index is -0.278. The van der Waals surface area contributed by atoms with Crippen molar-refractivity contribution in [2.75, 3.05) is 0 Å². The number of rotatable bonds is 5. The molecule has 1 aliphatic rings. The Morgan fingerprint density at radius 3 is 2.50 bits per heavy atom. The molecule has 0 aliphatic heterocycles. The van der Waals surface area contributed by atoms with Crippen molar-refractivity contribution in [3.05, 3.63) is 35.9 Å². The molecule has 0 heterocycles.